The molecule has 1 fully saturated rings. The molecule has 4 aromatic rings. The van der Waals surface area contributed by atoms with Crippen LogP contribution in [0.5, 0.6) is 5.88 Å². The number of hydrogen-bond acceptors (Lipinski definition) is 7. The van der Waals surface area contributed by atoms with Crippen LogP contribution in [-0.4, -0.2) is 45.1 Å². The van der Waals surface area contributed by atoms with Crippen molar-refractivity contribution < 1.29 is 14.1 Å². The summed E-state index contributed by atoms with van der Waals surface area (Å²) in [7, 11) is 0. The van der Waals surface area contributed by atoms with Crippen LogP contribution in [0.3, 0.4) is 0 Å². The van der Waals surface area contributed by atoms with Crippen LogP contribution in [0.25, 0.3) is 11.5 Å². The van der Waals surface area contributed by atoms with Crippen LogP contribution in [0.1, 0.15) is 46.6 Å². The first-order chi connectivity index (χ1) is 18.4. The number of amides is 1. The highest BCUT2D eigenvalue weighted by Gasteiger charge is 2.37. The first-order valence-electron chi connectivity index (χ1n) is 12.4. The lowest BCUT2D eigenvalue weighted by molar-refractivity contribution is 0.0484. The van der Waals surface area contributed by atoms with Gasteiger partial charge >= 0.3 is 0 Å². The van der Waals surface area contributed by atoms with Crippen molar-refractivity contribution >= 4 is 17.5 Å². The number of aryl methyl sites for hydroxylation is 1. The number of benzene rings is 2. The lowest BCUT2D eigenvalue weighted by Gasteiger charge is -2.41. The molecule has 2 aromatic carbocycles. The van der Waals surface area contributed by atoms with Gasteiger partial charge < -0.3 is 14.2 Å². The summed E-state index contributed by atoms with van der Waals surface area (Å²) in [6.45, 7) is 4.94. The van der Waals surface area contributed by atoms with Crippen LogP contribution in [0.2, 0.25) is 5.02 Å². The van der Waals surface area contributed by atoms with Gasteiger partial charge in [-0.15, -0.1) is 0 Å². The van der Waals surface area contributed by atoms with Crippen LogP contribution in [0, 0.1) is 24.2 Å². The summed E-state index contributed by atoms with van der Waals surface area (Å²) in [5, 5.41) is 13.5. The van der Waals surface area contributed by atoms with Gasteiger partial charge in [0.15, 0.2) is 5.82 Å². The topological polar surface area (TPSA) is 105 Å². The zero-order chi connectivity index (χ0) is 26.6. The van der Waals surface area contributed by atoms with Crippen molar-refractivity contribution in [2.24, 2.45) is 5.92 Å². The Bertz CT molecular complexity index is 1450. The number of likely N-dealkylation sites (tertiary alicyclic amines) is 1. The zero-order valence-electron chi connectivity index (χ0n) is 21.0. The average Bonchev–Trinajstić information content (AvgIpc) is 3.39. The Morgan fingerprint density at radius 2 is 1.92 bits per heavy atom. The summed E-state index contributed by atoms with van der Waals surface area (Å²) in [5.74, 6) is 1.61. The third-order valence-corrected chi connectivity index (χ3v) is 7.19. The van der Waals surface area contributed by atoms with E-state index in [1.54, 1.807) is 31.2 Å². The molecule has 0 saturated carbocycles. The number of pyridine rings is 1. The molecule has 8 nitrogen and oxygen atoms in total. The summed E-state index contributed by atoms with van der Waals surface area (Å²) in [6.07, 6.45) is 2.10. The quantitative estimate of drug-likeness (QED) is 0.317. The van der Waals surface area contributed by atoms with Gasteiger partial charge in [0.05, 0.1) is 5.56 Å². The largest absolute Gasteiger partial charge is 0.474 e. The van der Waals surface area contributed by atoms with Crippen molar-refractivity contribution in [1.29, 1.82) is 5.26 Å². The van der Waals surface area contributed by atoms with Gasteiger partial charge in [-0.05, 0) is 68.3 Å². The second-order valence-corrected chi connectivity index (χ2v) is 9.84. The second kappa shape index (κ2) is 11.0. The van der Waals surface area contributed by atoms with Crippen molar-refractivity contribution in [3.63, 3.8) is 0 Å². The Morgan fingerprint density at radius 3 is 2.55 bits per heavy atom. The van der Waals surface area contributed by atoms with E-state index in [2.05, 4.69) is 21.2 Å². The van der Waals surface area contributed by atoms with E-state index >= 15 is 0 Å². The number of carbonyl (C=O) groups is 1. The van der Waals surface area contributed by atoms with Crippen LogP contribution in [0.15, 0.2) is 71.4 Å². The highest BCUT2D eigenvalue weighted by molar-refractivity contribution is 6.30. The molecule has 38 heavy (non-hydrogen) atoms. The van der Waals surface area contributed by atoms with Crippen molar-refractivity contribution in [2.75, 3.05) is 13.1 Å². The van der Waals surface area contributed by atoms with Gasteiger partial charge in [0.25, 0.3) is 11.8 Å². The molecule has 1 saturated heterocycles. The fourth-order valence-corrected chi connectivity index (χ4v) is 5.05. The van der Waals surface area contributed by atoms with Gasteiger partial charge in [0.2, 0.25) is 5.88 Å². The molecule has 1 aliphatic rings. The Kier molecular flexibility index (Phi) is 7.38. The summed E-state index contributed by atoms with van der Waals surface area (Å²) < 4.78 is 11.4. The first kappa shape index (κ1) is 25.4. The van der Waals surface area contributed by atoms with E-state index in [9.17, 15) is 4.79 Å². The van der Waals surface area contributed by atoms with Gasteiger partial charge in [-0.3, -0.25) is 4.79 Å². The lowest BCUT2D eigenvalue weighted by atomic mass is 9.77. The van der Waals surface area contributed by atoms with Crippen molar-refractivity contribution in [3.05, 3.63) is 94.4 Å². The fraction of sp³-hybridized carbons (Fsp3) is 0.276. The lowest BCUT2D eigenvalue weighted by Crippen LogP contribution is -2.46. The van der Waals surface area contributed by atoms with Gasteiger partial charge in [-0.25, -0.2) is 4.98 Å². The van der Waals surface area contributed by atoms with E-state index in [4.69, 9.17) is 26.1 Å². The monoisotopic (exact) mass is 527 g/mol. The van der Waals surface area contributed by atoms with Crippen molar-refractivity contribution in [2.45, 2.75) is 32.3 Å². The first-order valence-corrected chi connectivity index (χ1v) is 12.8. The second-order valence-electron chi connectivity index (χ2n) is 9.41. The molecule has 0 bridgehead atoms. The molecule has 0 unspecified atom stereocenters. The SMILES string of the molecule is Cc1noc(-c2ccc(C(=O)N3CC[C@H]([C@H](C)Oc4ccc(C#N)cn4)[C@@H](c4ccc(Cl)cc4)C3)cc2)n1. The summed E-state index contributed by atoms with van der Waals surface area (Å²) >= 11 is 6.16. The highest BCUT2D eigenvalue weighted by Crippen LogP contribution is 2.37. The standard InChI is InChI=1S/C29H26ClN5O3/c1-18(37-27-12-3-20(15-31)16-32-27)25-13-14-35(17-26(25)21-8-10-24(30)11-9-21)29(36)23-6-4-22(5-7-23)28-33-19(2)34-38-28/h3-12,16,18,25-26H,13-14,17H2,1-2H3/t18-,25+,26+/m0/s1. The van der Waals surface area contributed by atoms with E-state index in [0.717, 1.165) is 17.5 Å². The van der Waals surface area contributed by atoms with Gasteiger partial charge in [-0.1, -0.05) is 28.9 Å². The van der Waals surface area contributed by atoms with Crippen molar-refractivity contribution in [1.82, 2.24) is 20.0 Å². The van der Waals surface area contributed by atoms with Crippen LogP contribution in [-0.2, 0) is 0 Å². The van der Waals surface area contributed by atoms with Crippen LogP contribution >= 0.6 is 11.6 Å². The molecule has 3 heterocycles. The molecule has 2 aromatic heterocycles. The maximum absolute atomic E-state index is 13.5. The molecule has 0 spiro atoms. The molecule has 1 aliphatic heterocycles. The molecule has 3 atom stereocenters. The predicted octanol–water partition coefficient (Wildman–Crippen LogP) is 5.68. The maximum Gasteiger partial charge on any atom is 0.257 e. The molecule has 0 N–H and O–H groups in total. The number of nitriles is 1. The van der Waals surface area contributed by atoms with Crippen LogP contribution < -0.4 is 4.74 Å². The number of halogens is 1. The zero-order valence-corrected chi connectivity index (χ0v) is 21.8. The number of carbonyl (C=O) groups excluding carboxylic acids is 1. The summed E-state index contributed by atoms with van der Waals surface area (Å²) in [6, 6.07) is 20.5. The minimum absolute atomic E-state index is 0.0296. The molecule has 192 valence electrons. The minimum Gasteiger partial charge on any atom is -0.474 e. The predicted molar refractivity (Wildman–Crippen MR) is 142 cm³/mol. The van der Waals surface area contributed by atoms with E-state index < -0.39 is 0 Å². The number of nitrogens with zero attached hydrogens (tertiary/aromatic N) is 5. The molecule has 9 heteroatoms. The van der Waals surface area contributed by atoms with E-state index in [1.807, 2.05) is 48.2 Å². The van der Waals surface area contributed by atoms with E-state index in [-0.39, 0.29) is 23.8 Å². The third-order valence-electron chi connectivity index (χ3n) is 6.93. The van der Waals surface area contributed by atoms with Gasteiger partial charge in [0.1, 0.15) is 12.2 Å². The van der Waals surface area contributed by atoms with E-state index in [0.29, 0.717) is 46.8 Å². The number of aromatic nitrogens is 3. The Hall–Kier alpha value is -4.22. The number of piperidine rings is 1. The maximum atomic E-state index is 13.5. The molecule has 0 radical (unpaired) electrons. The van der Waals surface area contributed by atoms with Crippen molar-refractivity contribution in [3.8, 4) is 23.4 Å². The highest BCUT2D eigenvalue weighted by atomic mass is 35.5. The smallest absolute Gasteiger partial charge is 0.257 e. The third kappa shape index (κ3) is 5.53. The molecule has 5 rings (SSSR count). The number of rotatable bonds is 6. The Balaban J connectivity index is 1.34. The van der Waals surface area contributed by atoms with Crippen LogP contribution in [0.4, 0.5) is 0 Å². The Labute approximate surface area is 225 Å². The van der Waals surface area contributed by atoms with Gasteiger partial charge in [0, 0.05) is 53.3 Å². The number of hydrogen-bond donors (Lipinski definition) is 0. The average molecular weight is 528 g/mol. The number of ether oxygens (including phenoxy) is 1. The normalized spacial score (nSPS) is 18.0. The van der Waals surface area contributed by atoms with Gasteiger partial charge in [-0.2, -0.15) is 10.2 Å². The minimum atomic E-state index is -0.162. The Morgan fingerprint density at radius 1 is 1.16 bits per heavy atom. The molecular weight excluding hydrogens is 502 g/mol. The molecule has 0 aliphatic carbocycles. The van der Waals surface area contributed by atoms with E-state index in [1.165, 1.54) is 6.20 Å². The molecule has 1 amide bonds. The summed E-state index contributed by atoms with van der Waals surface area (Å²) in [5.41, 5.74) is 2.95. The fourth-order valence-electron chi connectivity index (χ4n) is 4.93. The molecular formula is C29H26ClN5O3. The summed E-state index contributed by atoms with van der Waals surface area (Å²) in [4.78, 5) is 23.9.